The zero-order chi connectivity index (χ0) is 14.5. The van der Waals surface area contributed by atoms with Crippen molar-refractivity contribution in [2.45, 2.75) is 31.4 Å². The van der Waals surface area contributed by atoms with Crippen LogP contribution in [-0.2, 0) is 5.75 Å². The highest BCUT2D eigenvalue weighted by Crippen LogP contribution is 2.23. The number of hydrogen-bond donors (Lipinski definition) is 1. The smallest absolute Gasteiger partial charge is 0.141 e. The maximum Gasteiger partial charge on any atom is 0.141 e. The molecule has 0 fully saturated rings. The largest absolute Gasteiger partial charge is 0.370 e. The van der Waals surface area contributed by atoms with Gasteiger partial charge in [0.15, 0.2) is 0 Å². The minimum absolute atomic E-state index is 0.216. The molecule has 0 bridgehead atoms. The Bertz CT molecular complexity index is 584. The van der Waals surface area contributed by atoms with Crippen molar-refractivity contribution in [2.75, 3.05) is 11.9 Å². The first kappa shape index (κ1) is 14.8. The van der Waals surface area contributed by atoms with Gasteiger partial charge in [0.2, 0.25) is 0 Å². The Labute approximate surface area is 123 Å². The number of thioether (sulfide) groups is 1. The van der Waals surface area contributed by atoms with Crippen LogP contribution >= 0.6 is 11.8 Å². The van der Waals surface area contributed by atoms with E-state index in [1.807, 2.05) is 20.8 Å². The highest BCUT2D eigenvalue weighted by molar-refractivity contribution is 7.98. The van der Waals surface area contributed by atoms with Gasteiger partial charge >= 0.3 is 0 Å². The molecule has 0 amide bonds. The second kappa shape index (κ2) is 6.70. The summed E-state index contributed by atoms with van der Waals surface area (Å²) in [6.45, 7) is 6.89. The molecular weight excluding hydrogens is 273 g/mol. The number of nitrogens with one attached hydrogen (secondary N) is 1. The van der Waals surface area contributed by atoms with Crippen LogP contribution in [-0.4, -0.2) is 16.5 Å². The number of hydrogen-bond acceptors (Lipinski definition) is 4. The second-order valence-corrected chi connectivity index (χ2v) is 5.52. The van der Waals surface area contributed by atoms with Crippen molar-refractivity contribution in [2.24, 2.45) is 0 Å². The van der Waals surface area contributed by atoms with E-state index in [4.69, 9.17) is 0 Å². The summed E-state index contributed by atoms with van der Waals surface area (Å²) in [7, 11) is 0. The summed E-state index contributed by atoms with van der Waals surface area (Å²) in [5.41, 5.74) is 2.08. The van der Waals surface area contributed by atoms with Gasteiger partial charge in [0.05, 0.1) is 5.75 Å². The van der Waals surface area contributed by atoms with Gasteiger partial charge in [-0.1, -0.05) is 0 Å². The average molecular weight is 291 g/mol. The molecule has 0 aliphatic heterocycles. The molecule has 0 saturated carbocycles. The van der Waals surface area contributed by atoms with Gasteiger partial charge in [-0.3, -0.25) is 0 Å². The molecular formula is C15H18FN3S. The van der Waals surface area contributed by atoms with Crippen molar-refractivity contribution in [1.82, 2.24) is 9.97 Å². The van der Waals surface area contributed by atoms with E-state index >= 15 is 0 Å². The zero-order valence-electron chi connectivity index (χ0n) is 11.9. The summed E-state index contributed by atoms with van der Waals surface area (Å²) in [5, 5.41) is 3.25. The lowest BCUT2D eigenvalue weighted by Gasteiger charge is -2.11. The quantitative estimate of drug-likeness (QED) is 0.846. The standard InChI is InChI=1S/C15H18FN3S/c1-4-17-15-10(2)11(3)18-14(19-15)9-20-13-7-5-12(16)6-8-13/h5-8H,4,9H2,1-3H3,(H,17,18,19). The number of halogens is 1. The number of aryl methyl sites for hydroxylation is 1. The fourth-order valence-electron chi connectivity index (χ4n) is 1.77. The molecule has 0 spiro atoms. The molecule has 5 heteroatoms. The van der Waals surface area contributed by atoms with Crippen LogP contribution < -0.4 is 5.32 Å². The molecule has 1 N–H and O–H groups in total. The molecule has 106 valence electrons. The maximum atomic E-state index is 12.8. The summed E-state index contributed by atoms with van der Waals surface area (Å²) >= 11 is 1.60. The Kier molecular flexibility index (Phi) is 4.95. The molecule has 0 radical (unpaired) electrons. The lowest BCUT2D eigenvalue weighted by molar-refractivity contribution is 0.626. The Morgan fingerprint density at radius 1 is 1.15 bits per heavy atom. The molecule has 20 heavy (non-hydrogen) atoms. The van der Waals surface area contributed by atoms with Crippen molar-refractivity contribution >= 4 is 17.6 Å². The van der Waals surface area contributed by atoms with E-state index < -0.39 is 0 Å². The van der Waals surface area contributed by atoms with Gasteiger partial charge < -0.3 is 5.32 Å². The third-order valence-electron chi connectivity index (χ3n) is 2.96. The third-order valence-corrected chi connectivity index (χ3v) is 3.97. The van der Waals surface area contributed by atoms with Crippen molar-refractivity contribution in [3.8, 4) is 0 Å². The fourth-order valence-corrected chi connectivity index (χ4v) is 2.52. The number of anilines is 1. The topological polar surface area (TPSA) is 37.8 Å². The van der Waals surface area contributed by atoms with Crippen LogP contribution in [0.5, 0.6) is 0 Å². The molecule has 2 rings (SSSR count). The number of benzene rings is 1. The molecule has 2 aromatic rings. The van der Waals surface area contributed by atoms with Gasteiger partial charge in [0.25, 0.3) is 0 Å². The molecule has 1 aromatic heterocycles. The van der Waals surface area contributed by atoms with Gasteiger partial charge in [0, 0.05) is 22.7 Å². The Hall–Kier alpha value is -1.62. The van der Waals surface area contributed by atoms with Gasteiger partial charge in [-0.05, 0) is 45.0 Å². The summed E-state index contributed by atoms with van der Waals surface area (Å²) in [6.07, 6.45) is 0. The van der Waals surface area contributed by atoms with Crippen molar-refractivity contribution < 1.29 is 4.39 Å². The lowest BCUT2D eigenvalue weighted by Crippen LogP contribution is -2.07. The monoisotopic (exact) mass is 291 g/mol. The van der Waals surface area contributed by atoms with E-state index in [9.17, 15) is 4.39 Å². The van der Waals surface area contributed by atoms with E-state index in [-0.39, 0.29) is 5.82 Å². The first-order valence-corrected chi connectivity index (χ1v) is 7.55. The van der Waals surface area contributed by atoms with Crippen LogP contribution in [0.2, 0.25) is 0 Å². The Balaban J connectivity index is 2.11. The lowest BCUT2D eigenvalue weighted by atomic mass is 10.2. The second-order valence-electron chi connectivity index (χ2n) is 4.47. The van der Waals surface area contributed by atoms with E-state index in [0.717, 1.165) is 34.3 Å². The highest BCUT2D eigenvalue weighted by atomic mass is 32.2. The minimum Gasteiger partial charge on any atom is -0.370 e. The number of nitrogens with zero attached hydrogens (tertiary/aromatic N) is 2. The predicted octanol–water partition coefficient (Wildman–Crippen LogP) is 3.96. The van der Waals surface area contributed by atoms with E-state index in [1.54, 1.807) is 23.9 Å². The molecule has 0 saturated heterocycles. The zero-order valence-corrected chi connectivity index (χ0v) is 12.7. The molecule has 1 aromatic carbocycles. The SMILES string of the molecule is CCNc1nc(CSc2ccc(F)cc2)nc(C)c1C. The molecule has 0 unspecified atom stereocenters. The summed E-state index contributed by atoms with van der Waals surface area (Å²) in [5.74, 6) is 2.14. The van der Waals surface area contributed by atoms with Crippen molar-refractivity contribution in [1.29, 1.82) is 0 Å². The number of aromatic nitrogens is 2. The number of rotatable bonds is 5. The molecule has 0 aliphatic carbocycles. The summed E-state index contributed by atoms with van der Waals surface area (Å²) in [6, 6.07) is 6.47. The highest BCUT2D eigenvalue weighted by Gasteiger charge is 2.07. The van der Waals surface area contributed by atoms with Gasteiger partial charge in [0.1, 0.15) is 17.5 Å². The predicted molar refractivity (Wildman–Crippen MR) is 81.6 cm³/mol. The first-order valence-electron chi connectivity index (χ1n) is 6.56. The molecule has 0 atom stereocenters. The van der Waals surface area contributed by atoms with Crippen LogP contribution in [0.25, 0.3) is 0 Å². The molecule has 0 aliphatic rings. The van der Waals surface area contributed by atoms with Gasteiger partial charge in [-0.25, -0.2) is 14.4 Å². The van der Waals surface area contributed by atoms with Crippen LogP contribution in [0.15, 0.2) is 29.2 Å². The fraction of sp³-hybridized carbons (Fsp3) is 0.333. The maximum absolute atomic E-state index is 12.8. The van der Waals surface area contributed by atoms with Crippen molar-refractivity contribution in [3.63, 3.8) is 0 Å². The average Bonchev–Trinajstić information content (AvgIpc) is 2.44. The van der Waals surface area contributed by atoms with Crippen LogP contribution in [0.1, 0.15) is 24.0 Å². The minimum atomic E-state index is -0.216. The van der Waals surface area contributed by atoms with E-state index in [0.29, 0.717) is 5.75 Å². The van der Waals surface area contributed by atoms with Gasteiger partial charge in [-0.15, -0.1) is 11.8 Å². The van der Waals surface area contributed by atoms with Gasteiger partial charge in [-0.2, -0.15) is 0 Å². The van der Waals surface area contributed by atoms with Crippen LogP contribution in [0, 0.1) is 19.7 Å². The molecule has 3 nitrogen and oxygen atoms in total. The molecule has 1 heterocycles. The van der Waals surface area contributed by atoms with E-state index in [1.165, 1.54) is 12.1 Å². The summed E-state index contributed by atoms with van der Waals surface area (Å²) < 4.78 is 12.8. The summed E-state index contributed by atoms with van der Waals surface area (Å²) in [4.78, 5) is 10.1. The normalized spacial score (nSPS) is 10.6. The Morgan fingerprint density at radius 3 is 2.50 bits per heavy atom. The van der Waals surface area contributed by atoms with E-state index in [2.05, 4.69) is 15.3 Å². The van der Waals surface area contributed by atoms with Crippen LogP contribution in [0.4, 0.5) is 10.2 Å². The van der Waals surface area contributed by atoms with Crippen LogP contribution in [0.3, 0.4) is 0 Å². The Morgan fingerprint density at radius 2 is 1.85 bits per heavy atom. The van der Waals surface area contributed by atoms with Crippen molar-refractivity contribution in [3.05, 3.63) is 47.2 Å². The first-order chi connectivity index (χ1) is 9.60. The third kappa shape index (κ3) is 3.70.